The third-order valence-corrected chi connectivity index (χ3v) is 4.93. The average molecular weight is 410 g/mol. The Bertz CT molecular complexity index is 954. The lowest BCUT2D eigenvalue weighted by Crippen LogP contribution is -2.35. The summed E-state index contributed by atoms with van der Waals surface area (Å²) in [5, 5.41) is 5.70. The molecule has 3 rings (SSSR count). The number of carbonyl (C=O) groups is 2. The van der Waals surface area contributed by atoms with Gasteiger partial charge in [-0.15, -0.1) is 11.3 Å². The number of hydrogen-bond donors (Lipinski definition) is 1. The van der Waals surface area contributed by atoms with E-state index in [-0.39, 0.29) is 5.91 Å². The van der Waals surface area contributed by atoms with Crippen LogP contribution in [0.4, 0.5) is 0 Å². The summed E-state index contributed by atoms with van der Waals surface area (Å²) < 4.78 is 10.9. The number of amides is 1. The van der Waals surface area contributed by atoms with Gasteiger partial charge in [0.25, 0.3) is 5.91 Å². The lowest BCUT2D eigenvalue weighted by molar-refractivity contribution is -0.129. The Balaban J connectivity index is 1.47. The standard InChI is InChI=1S/C22H22N2O4S/c1-15(21(25)23-12-17-6-4-3-5-7-17)28-22(26)18-8-10-20(11-9-18)27-13-19-14-29-16(2)24-19/h3-11,14-15H,12-13H2,1-2H3,(H,23,25)/t15-/m1/s1. The summed E-state index contributed by atoms with van der Waals surface area (Å²) in [6.07, 6.45) is -0.893. The van der Waals surface area contributed by atoms with Crippen molar-refractivity contribution in [1.82, 2.24) is 10.3 Å². The van der Waals surface area contributed by atoms with E-state index in [4.69, 9.17) is 9.47 Å². The number of esters is 1. The summed E-state index contributed by atoms with van der Waals surface area (Å²) in [4.78, 5) is 28.8. The van der Waals surface area contributed by atoms with Crippen LogP contribution in [0.2, 0.25) is 0 Å². The molecule has 2 aromatic carbocycles. The van der Waals surface area contributed by atoms with Crippen molar-refractivity contribution < 1.29 is 19.1 Å². The molecule has 29 heavy (non-hydrogen) atoms. The van der Waals surface area contributed by atoms with Gasteiger partial charge in [-0.3, -0.25) is 4.79 Å². The molecule has 1 aromatic heterocycles. The van der Waals surface area contributed by atoms with Gasteiger partial charge in [-0.25, -0.2) is 9.78 Å². The zero-order valence-corrected chi connectivity index (χ0v) is 17.1. The molecule has 7 heteroatoms. The molecule has 150 valence electrons. The molecule has 1 amide bonds. The van der Waals surface area contributed by atoms with E-state index in [0.29, 0.717) is 24.5 Å². The normalized spacial score (nSPS) is 11.5. The predicted octanol–water partition coefficient (Wildman–Crippen LogP) is 3.89. The summed E-state index contributed by atoms with van der Waals surface area (Å²) >= 11 is 1.57. The fraction of sp³-hybridized carbons (Fsp3) is 0.227. The zero-order chi connectivity index (χ0) is 20.6. The van der Waals surface area contributed by atoms with Crippen LogP contribution < -0.4 is 10.1 Å². The number of rotatable bonds is 8. The van der Waals surface area contributed by atoms with Crippen LogP contribution in [0.15, 0.2) is 60.0 Å². The number of nitrogens with zero attached hydrogens (tertiary/aromatic N) is 1. The maximum absolute atomic E-state index is 12.3. The summed E-state index contributed by atoms with van der Waals surface area (Å²) in [6, 6.07) is 16.1. The maximum atomic E-state index is 12.3. The van der Waals surface area contributed by atoms with E-state index >= 15 is 0 Å². The van der Waals surface area contributed by atoms with Gasteiger partial charge in [0.15, 0.2) is 6.10 Å². The number of hydrogen-bond acceptors (Lipinski definition) is 6. The Kier molecular flexibility index (Phi) is 6.97. The Labute approximate surface area is 173 Å². The summed E-state index contributed by atoms with van der Waals surface area (Å²) in [6.45, 7) is 4.24. The molecule has 1 atom stereocenters. The fourth-order valence-corrected chi connectivity index (χ4v) is 3.13. The van der Waals surface area contributed by atoms with E-state index in [0.717, 1.165) is 16.3 Å². The molecule has 1 N–H and O–H groups in total. The van der Waals surface area contributed by atoms with E-state index < -0.39 is 12.1 Å². The van der Waals surface area contributed by atoms with Gasteiger partial charge < -0.3 is 14.8 Å². The molecule has 0 fully saturated rings. The second-order valence-electron chi connectivity index (χ2n) is 6.42. The first-order valence-electron chi connectivity index (χ1n) is 9.18. The predicted molar refractivity (Wildman–Crippen MR) is 111 cm³/mol. The van der Waals surface area contributed by atoms with Crippen molar-refractivity contribution in [1.29, 1.82) is 0 Å². The number of nitrogens with one attached hydrogen (secondary N) is 1. The van der Waals surface area contributed by atoms with E-state index in [2.05, 4.69) is 10.3 Å². The van der Waals surface area contributed by atoms with Gasteiger partial charge in [-0.2, -0.15) is 0 Å². The van der Waals surface area contributed by atoms with Crippen LogP contribution in [-0.4, -0.2) is 23.0 Å². The molecule has 0 saturated carbocycles. The van der Waals surface area contributed by atoms with Crippen molar-refractivity contribution in [2.75, 3.05) is 0 Å². The summed E-state index contributed by atoms with van der Waals surface area (Å²) in [5.74, 6) is -0.282. The first-order chi connectivity index (χ1) is 14.0. The second-order valence-corrected chi connectivity index (χ2v) is 7.48. The smallest absolute Gasteiger partial charge is 0.338 e. The lowest BCUT2D eigenvalue weighted by atomic mass is 10.2. The molecule has 0 spiro atoms. The number of thiazole rings is 1. The lowest BCUT2D eigenvalue weighted by Gasteiger charge is -2.14. The van der Waals surface area contributed by atoms with Crippen molar-refractivity contribution in [3.05, 3.63) is 81.8 Å². The minimum atomic E-state index is -0.893. The van der Waals surface area contributed by atoms with Crippen LogP contribution in [-0.2, 0) is 22.7 Å². The Morgan fingerprint density at radius 2 is 1.83 bits per heavy atom. The SMILES string of the molecule is Cc1nc(COc2ccc(C(=O)O[C@H](C)C(=O)NCc3ccccc3)cc2)cs1. The number of ether oxygens (including phenoxy) is 2. The number of aromatic nitrogens is 1. The third-order valence-electron chi connectivity index (χ3n) is 4.11. The van der Waals surface area contributed by atoms with Gasteiger partial charge in [-0.1, -0.05) is 30.3 Å². The Morgan fingerprint density at radius 1 is 1.10 bits per heavy atom. The van der Waals surface area contributed by atoms with Crippen LogP contribution in [0, 0.1) is 6.92 Å². The molecule has 3 aromatic rings. The van der Waals surface area contributed by atoms with E-state index in [1.807, 2.05) is 42.6 Å². The fourth-order valence-electron chi connectivity index (χ4n) is 2.53. The molecule has 0 aliphatic heterocycles. The largest absolute Gasteiger partial charge is 0.487 e. The van der Waals surface area contributed by atoms with Gasteiger partial charge in [0.1, 0.15) is 12.4 Å². The first-order valence-corrected chi connectivity index (χ1v) is 10.1. The van der Waals surface area contributed by atoms with Crippen LogP contribution in [0.1, 0.15) is 33.5 Å². The molecular formula is C22H22N2O4S. The highest BCUT2D eigenvalue weighted by molar-refractivity contribution is 7.09. The molecule has 0 bridgehead atoms. The van der Waals surface area contributed by atoms with Crippen molar-refractivity contribution in [3.63, 3.8) is 0 Å². The molecule has 0 aliphatic rings. The third kappa shape index (κ3) is 6.15. The number of carbonyl (C=O) groups excluding carboxylic acids is 2. The summed E-state index contributed by atoms with van der Waals surface area (Å²) in [7, 11) is 0. The number of benzene rings is 2. The van der Waals surface area contributed by atoms with Crippen LogP contribution >= 0.6 is 11.3 Å². The highest BCUT2D eigenvalue weighted by Crippen LogP contribution is 2.16. The highest BCUT2D eigenvalue weighted by atomic mass is 32.1. The van der Waals surface area contributed by atoms with Crippen molar-refractivity contribution in [2.45, 2.75) is 33.1 Å². The van der Waals surface area contributed by atoms with Crippen molar-refractivity contribution >= 4 is 23.2 Å². The zero-order valence-electron chi connectivity index (χ0n) is 16.3. The van der Waals surface area contributed by atoms with Gasteiger partial charge in [0, 0.05) is 11.9 Å². The Morgan fingerprint density at radius 3 is 2.48 bits per heavy atom. The van der Waals surface area contributed by atoms with Crippen LogP contribution in [0.25, 0.3) is 0 Å². The summed E-state index contributed by atoms with van der Waals surface area (Å²) in [5.41, 5.74) is 2.19. The molecule has 0 radical (unpaired) electrons. The molecule has 0 unspecified atom stereocenters. The van der Waals surface area contributed by atoms with Gasteiger partial charge >= 0.3 is 5.97 Å². The van der Waals surface area contributed by atoms with Gasteiger partial charge in [0.05, 0.1) is 16.3 Å². The topological polar surface area (TPSA) is 77.5 Å². The van der Waals surface area contributed by atoms with E-state index in [1.165, 1.54) is 0 Å². The highest BCUT2D eigenvalue weighted by Gasteiger charge is 2.18. The van der Waals surface area contributed by atoms with Crippen molar-refractivity contribution in [2.24, 2.45) is 0 Å². The van der Waals surface area contributed by atoms with Crippen LogP contribution in [0.3, 0.4) is 0 Å². The Hall–Kier alpha value is -3.19. The van der Waals surface area contributed by atoms with Crippen LogP contribution in [0.5, 0.6) is 5.75 Å². The van der Waals surface area contributed by atoms with E-state index in [1.54, 1.807) is 42.5 Å². The van der Waals surface area contributed by atoms with Gasteiger partial charge in [-0.05, 0) is 43.7 Å². The minimum Gasteiger partial charge on any atom is -0.487 e. The molecule has 1 heterocycles. The average Bonchev–Trinajstić information content (AvgIpc) is 3.16. The van der Waals surface area contributed by atoms with E-state index in [9.17, 15) is 9.59 Å². The first kappa shape index (κ1) is 20.5. The molecule has 0 aliphatic carbocycles. The number of aryl methyl sites for hydroxylation is 1. The monoisotopic (exact) mass is 410 g/mol. The molecule has 6 nitrogen and oxygen atoms in total. The van der Waals surface area contributed by atoms with Gasteiger partial charge in [0.2, 0.25) is 0 Å². The second kappa shape index (κ2) is 9.84. The molecule has 0 saturated heterocycles. The minimum absolute atomic E-state index is 0.347. The quantitative estimate of drug-likeness (QED) is 0.570. The van der Waals surface area contributed by atoms with Crippen molar-refractivity contribution in [3.8, 4) is 5.75 Å². The maximum Gasteiger partial charge on any atom is 0.338 e. The molecular weight excluding hydrogens is 388 g/mol.